The average Bonchev–Trinajstić information content (AvgIpc) is 3.03. The molecule has 6 nitrogen and oxygen atoms in total. The number of sulfonamides is 1. The van der Waals surface area contributed by atoms with E-state index in [1.54, 1.807) is 13.0 Å². The molecule has 130 valence electrons. The van der Waals surface area contributed by atoms with Crippen molar-refractivity contribution in [2.24, 2.45) is 0 Å². The van der Waals surface area contributed by atoms with Gasteiger partial charge in [0.25, 0.3) is 10.0 Å². The van der Waals surface area contributed by atoms with Gasteiger partial charge < -0.3 is 9.15 Å². The molecule has 3 rings (SSSR count). The quantitative estimate of drug-likeness (QED) is 0.751. The van der Waals surface area contributed by atoms with E-state index >= 15 is 0 Å². The Morgan fingerprint density at radius 2 is 1.84 bits per heavy atom. The lowest BCUT2D eigenvalue weighted by atomic mass is 10.1. The number of hydrogen-bond donors (Lipinski definition) is 1. The zero-order valence-electron chi connectivity index (χ0n) is 14.1. The van der Waals surface area contributed by atoms with E-state index in [4.69, 9.17) is 9.15 Å². The zero-order chi connectivity index (χ0) is 18.0. The number of methoxy groups -OCH3 is 1. The second kappa shape index (κ2) is 6.60. The predicted molar refractivity (Wildman–Crippen MR) is 95.2 cm³/mol. The number of oxazole rings is 1. The number of ether oxygens (including phenoxy) is 1. The predicted octanol–water partition coefficient (Wildman–Crippen LogP) is 3.77. The minimum atomic E-state index is -3.90. The zero-order valence-corrected chi connectivity index (χ0v) is 14.9. The molecule has 0 radical (unpaired) electrons. The van der Waals surface area contributed by atoms with Crippen molar-refractivity contribution in [3.63, 3.8) is 0 Å². The summed E-state index contributed by atoms with van der Waals surface area (Å²) in [6.45, 7) is 3.62. The van der Waals surface area contributed by atoms with Crippen LogP contribution in [0.4, 0.5) is 6.01 Å². The minimum Gasteiger partial charge on any atom is -0.495 e. The first-order valence-electron chi connectivity index (χ1n) is 7.60. The summed E-state index contributed by atoms with van der Waals surface area (Å²) in [6.07, 6.45) is 1.41. The van der Waals surface area contributed by atoms with Crippen molar-refractivity contribution in [1.29, 1.82) is 0 Å². The molecule has 0 bridgehead atoms. The molecule has 1 heterocycles. The normalized spacial score (nSPS) is 11.3. The molecule has 3 aromatic rings. The lowest BCUT2D eigenvalue weighted by Crippen LogP contribution is -2.15. The number of nitrogens with one attached hydrogen (secondary N) is 1. The van der Waals surface area contributed by atoms with Gasteiger partial charge in [-0.05, 0) is 31.0 Å². The monoisotopic (exact) mass is 358 g/mol. The third-order valence-corrected chi connectivity index (χ3v) is 5.00. The molecule has 0 saturated carbocycles. The first-order chi connectivity index (χ1) is 11.9. The molecule has 0 fully saturated rings. The van der Waals surface area contributed by atoms with Crippen LogP contribution in [-0.4, -0.2) is 20.5 Å². The van der Waals surface area contributed by atoms with E-state index in [2.05, 4.69) is 9.71 Å². The number of hydrogen-bond acceptors (Lipinski definition) is 5. The number of rotatable bonds is 5. The molecule has 0 saturated heterocycles. The van der Waals surface area contributed by atoms with Crippen LogP contribution in [0.15, 0.2) is 58.0 Å². The highest BCUT2D eigenvalue weighted by atomic mass is 32.2. The fourth-order valence-electron chi connectivity index (χ4n) is 2.61. The topological polar surface area (TPSA) is 81.4 Å². The number of anilines is 1. The van der Waals surface area contributed by atoms with Crippen molar-refractivity contribution < 1.29 is 17.6 Å². The van der Waals surface area contributed by atoms with Crippen molar-refractivity contribution in [3.05, 3.63) is 59.9 Å². The highest BCUT2D eigenvalue weighted by Crippen LogP contribution is 2.31. The lowest BCUT2D eigenvalue weighted by Gasteiger charge is -2.13. The van der Waals surface area contributed by atoms with E-state index in [1.165, 1.54) is 13.4 Å². The van der Waals surface area contributed by atoms with Gasteiger partial charge in [-0.2, -0.15) is 4.98 Å². The van der Waals surface area contributed by atoms with Crippen LogP contribution in [0, 0.1) is 13.8 Å². The van der Waals surface area contributed by atoms with Crippen LogP contribution in [0.3, 0.4) is 0 Å². The Morgan fingerprint density at radius 1 is 1.12 bits per heavy atom. The van der Waals surface area contributed by atoms with Gasteiger partial charge in [-0.25, -0.2) is 13.1 Å². The molecule has 0 aliphatic rings. The highest BCUT2D eigenvalue weighted by molar-refractivity contribution is 7.92. The summed E-state index contributed by atoms with van der Waals surface area (Å²) in [4.78, 5) is 4.24. The van der Waals surface area contributed by atoms with Crippen molar-refractivity contribution >= 4 is 16.0 Å². The van der Waals surface area contributed by atoms with E-state index in [0.717, 1.165) is 16.7 Å². The molecule has 1 aromatic heterocycles. The van der Waals surface area contributed by atoms with Gasteiger partial charge >= 0.3 is 6.01 Å². The Bertz CT molecular complexity index is 995. The Labute approximate surface area is 146 Å². The maximum absolute atomic E-state index is 12.7. The van der Waals surface area contributed by atoms with E-state index in [0.29, 0.717) is 11.4 Å². The van der Waals surface area contributed by atoms with Gasteiger partial charge in [0.1, 0.15) is 22.6 Å². The maximum Gasteiger partial charge on any atom is 0.309 e. The van der Waals surface area contributed by atoms with Crippen LogP contribution >= 0.6 is 0 Å². The van der Waals surface area contributed by atoms with Crippen LogP contribution in [-0.2, 0) is 10.0 Å². The largest absolute Gasteiger partial charge is 0.495 e. The Hall–Kier alpha value is -2.80. The number of benzene rings is 2. The third kappa shape index (κ3) is 3.51. The Kier molecular flexibility index (Phi) is 4.50. The van der Waals surface area contributed by atoms with Gasteiger partial charge in [-0.15, -0.1) is 0 Å². The van der Waals surface area contributed by atoms with Crippen molar-refractivity contribution in [2.45, 2.75) is 18.7 Å². The molecular formula is C18H18N2O4S. The van der Waals surface area contributed by atoms with Crippen molar-refractivity contribution in [1.82, 2.24) is 4.98 Å². The van der Waals surface area contributed by atoms with Crippen LogP contribution in [0.2, 0.25) is 0 Å². The molecule has 7 heteroatoms. The van der Waals surface area contributed by atoms with Crippen LogP contribution in [0.5, 0.6) is 5.75 Å². The van der Waals surface area contributed by atoms with Gasteiger partial charge in [0.15, 0.2) is 0 Å². The minimum absolute atomic E-state index is 0.0481. The van der Waals surface area contributed by atoms with Crippen molar-refractivity contribution in [2.75, 3.05) is 11.8 Å². The number of aryl methyl sites for hydroxylation is 2. The van der Waals surface area contributed by atoms with Crippen molar-refractivity contribution in [3.8, 4) is 17.0 Å². The van der Waals surface area contributed by atoms with Gasteiger partial charge in [0.2, 0.25) is 0 Å². The summed E-state index contributed by atoms with van der Waals surface area (Å²) < 4.78 is 38.4. The highest BCUT2D eigenvalue weighted by Gasteiger charge is 2.23. The van der Waals surface area contributed by atoms with E-state index in [9.17, 15) is 8.42 Å². The summed E-state index contributed by atoms with van der Waals surface area (Å²) in [5.41, 5.74) is 2.93. The molecule has 25 heavy (non-hydrogen) atoms. The summed E-state index contributed by atoms with van der Waals surface area (Å²) in [5.74, 6) is 0.299. The molecule has 0 amide bonds. The van der Waals surface area contributed by atoms with Crippen LogP contribution in [0.25, 0.3) is 11.3 Å². The van der Waals surface area contributed by atoms with E-state index in [1.807, 2.05) is 43.3 Å². The second-order valence-corrected chi connectivity index (χ2v) is 7.27. The first-order valence-corrected chi connectivity index (χ1v) is 9.08. The second-order valence-electron chi connectivity index (χ2n) is 5.62. The van der Waals surface area contributed by atoms with Crippen LogP contribution in [0.1, 0.15) is 11.1 Å². The molecule has 0 aliphatic carbocycles. The summed E-state index contributed by atoms with van der Waals surface area (Å²) in [7, 11) is -2.46. The van der Waals surface area contributed by atoms with Gasteiger partial charge in [-0.3, -0.25) is 0 Å². The summed E-state index contributed by atoms with van der Waals surface area (Å²) >= 11 is 0. The summed E-state index contributed by atoms with van der Waals surface area (Å²) in [6, 6.07) is 12.7. The van der Waals surface area contributed by atoms with Gasteiger partial charge in [0.05, 0.1) is 7.11 Å². The molecule has 1 N–H and O–H groups in total. The standard InChI is InChI=1S/C18H18N2O4S/c1-12-9-13(2)17(23-3)16(10-12)25(21,22)20-18-19-15(11-24-18)14-7-5-4-6-8-14/h4-11H,1-3H3,(H,19,20). The number of nitrogens with zero attached hydrogens (tertiary/aromatic N) is 1. The lowest BCUT2D eigenvalue weighted by molar-refractivity contribution is 0.399. The molecule has 0 atom stereocenters. The number of aromatic nitrogens is 1. The maximum atomic E-state index is 12.7. The molecule has 0 aliphatic heterocycles. The fourth-order valence-corrected chi connectivity index (χ4v) is 3.87. The SMILES string of the molecule is COc1c(C)cc(C)cc1S(=O)(=O)Nc1nc(-c2ccccc2)co1. The fraction of sp³-hybridized carbons (Fsp3) is 0.167. The summed E-state index contributed by atoms with van der Waals surface area (Å²) in [5, 5.41) is 0. The Balaban J connectivity index is 1.94. The van der Waals surface area contributed by atoms with Gasteiger partial charge in [0, 0.05) is 5.56 Å². The van der Waals surface area contributed by atoms with E-state index < -0.39 is 10.0 Å². The molecular weight excluding hydrogens is 340 g/mol. The molecule has 0 spiro atoms. The van der Waals surface area contributed by atoms with E-state index in [-0.39, 0.29) is 10.9 Å². The molecule has 0 unspecified atom stereocenters. The Morgan fingerprint density at radius 3 is 2.52 bits per heavy atom. The smallest absolute Gasteiger partial charge is 0.309 e. The van der Waals surface area contributed by atoms with Crippen LogP contribution < -0.4 is 9.46 Å². The van der Waals surface area contributed by atoms with Gasteiger partial charge in [-0.1, -0.05) is 36.4 Å². The molecule has 2 aromatic carbocycles. The first kappa shape index (κ1) is 17.0. The average molecular weight is 358 g/mol. The third-order valence-electron chi connectivity index (χ3n) is 3.67.